The van der Waals surface area contributed by atoms with Gasteiger partial charge < -0.3 is 0 Å². The fraction of sp³-hybridized carbons (Fsp3) is 0.778. The molecular weight excluding hydrogens is 138 g/mol. The molecule has 0 radical (unpaired) electrons. The first kappa shape index (κ1) is 7.32. The van der Waals surface area contributed by atoms with E-state index in [2.05, 4.69) is 24.1 Å². The highest BCUT2D eigenvalue weighted by atomic mass is 16.7. The van der Waals surface area contributed by atoms with E-state index in [0.717, 1.165) is 6.61 Å². The summed E-state index contributed by atoms with van der Waals surface area (Å²) in [4.78, 5) is 5.54. The van der Waals surface area contributed by atoms with Crippen LogP contribution in [-0.2, 0) is 4.84 Å². The van der Waals surface area contributed by atoms with Crippen LogP contribution in [0, 0.1) is 0 Å². The van der Waals surface area contributed by atoms with Crippen molar-refractivity contribution >= 4 is 0 Å². The van der Waals surface area contributed by atoms with Crippen LogP contribution in [0.2, 0.25) is 0 Å². The Morgan fingerprint density at radius 3 is 3.18 bits per heavy atom. The first-order chi connectivity index (χ1) is 5.38. The van der Waals surface area contributed by atoms with Crippen LogP contribution >= 0.6 is 0 Å². The van der Waals surface area contributed by atoms with E-state index in [0.29, 0.717) is 12.1 Å². The van der Waals surface area contributed by atoms with Gasteiger partial charge in [-0.2, -0.15) is 5.06 Å². The normalized spacial score (nSPS) is 38.6. The van der Waals surface area contributed by atoms with Crippen molar-refractivity contribution in [3.8, 4) is 0 Å². The van der Waals surface area contributed by atoms with Gasteiger partial charge in [-0.1, -0.05) is 12.2 Å². The van der Waals surface area contributed by atoms with Gasteiger partial charge in [-0.3, -0.25) is 4.84 Å². The van der Waals surface area contributed by atoms with E-state index >= 15 is 0 Å². The number of hydroxylamine groups is 2. The molecule has 0 saturated carbocycles. The second-order valence-electron chi connectivity index (χ2n) is 3.43. The number of nitrogens with zero attached hydrogens (tertiary/aromatic N) is 1. The molecule has 0 aliphatic carbocycles. The van der Waals surface area contributed by atoms with Gasteiger partial charge in [0.1, 0.15) is 0 Å². The third-order valence-corrected chi connectivity index (χ3v) is 2.56. The molecule has 0 N–H and O–H groups in total. The summed E-state index contributed by atoms with van der Waals surface area (Å²) in [6.07, 6.45) is 8.29. The Labute approximate surface area is 67.8 Å². The predicted molar refractivity (Wildman–Crippen MR) is 44.0 cm³/mol. The number of piperidine rings is 1. The highest BCUT2D eigenvalue weighted by molar-refractivity contribution is 4.98. The number of rotatable bonds is 0. The standard InChI is InChI=1S/C9H15NO/c1-8-4-2-5-9-6-3-7-11-10(8)9/h3,6,8-9H,2,4-5,7H2,1H3/t8-,9-/m1/s1. The van der Waals surface area contributed by atoms with Crippen molar-refractivity contribution in [3.63, 3.8) is 0 Å². The summed E-state index contributed by atoms with van der Waals surface area (Å²) < 4.78 is 0. The van der Waals surface area contributed by atoms with Gasteiger partial charge in [0.2, 0.25) is 0 Å². The number of hydrogen-bond donors (Lipinski definition) is 0. The molecule has 0 aromatic carbocycles. The van der Waals surface area contributed by atoms with Crippen molar-refractivity contribution in [3.05, 3.63) is 12.2 Å². The second kappa shape index (κ2) is 2.95. The average molecular weight is 153 g/mol. The molecule has 2 heterocycles. The molecule has 1 fully saturated rings. The smallest absolute Gasteiger partial charge is 0.0867 e. The van der Waals surface area contributed by atoms with Gasteiger partial charge in [0.15, 0.2) is 0 Å². The minimum absolute atomic E-state index is 0.562. The Bertz CT molecular complexity index is 167. The van der Waals surface area contributed by atoms with Crippen molar-refractivity contribution in [1.82, 2.24) is 5.06 Å². The molecule has 0 unspecified atom stereocenters. The van der Waals surface area contributed by atoms with Crippen LogP contribution in [0.3, 0.4) is 0 Å². The van der Waals surface area contributed by atoms with Crippen LogP contribution in [-0.4, -0.2) is 23.8 Å². The maximum atomic E-state index is 5.54. The van der Waals surface area contributed by atoms with Crippen molar-refractivity contribution in [2.45, 2.75) is 38.3 Å². The highest BCUT2D eigenvalue weighted by Gasteiger charge is 2.28. The Morgan fingerprint density at radius 1 is 1.45 bits per heavy atom. The van der Waals surface area contributed by atoms with Gasteiger partial charge in [0.05, 0.1) is 12.6 Å². The molecule has 11 heavy (non-hydrogen) atoms. The van der Waals surface area contributed by atoms with Crippen LogP contribution in [0.5, 0.6) is 0 Å². The Kier molecular flexibility index (Phi) is 1.96. The molecule has 0 spiro atoms. The summed E-state index contributed by atoms with van der Waals surface area (Å²) in [7, 11) is 0. The lowest BCUT2D eigenvalue weighted by Crippen LogP contribution is -2.45. The molecular formula is C9H15NO. The molecule has 0 aromatic heterocycles. The summed E-state index contributed by atoms with van der Waals surface area (Å²) in [6.45, 7) is 3.01. The van der Waals surface area contributed by atoms with Crippen molar-refractivity contribution in [1.29, 1.82) is 0 Å². The predicted octanol–water partition coefficient (Wildman–Crippen LogP) is 1.73. The molecule has 2 aliphatic heterocycles. The lowest BCUT2D eigenvalue weighted by molar-refractivity contribution is -0.210. The average Bonchev–Trinajstić information content (AvgIpc) is 2.06. The van der Waals surface area contributed by atoms with Crippen molar-refractivity contribution < 1.29 is 4.84 Å². The summed E-state index contributed by atoms with van der Waals surface area (Å²) in [5.41, 5.74) is 0. The van der Waals surface area contributed by atoms with Crippen LogP contribution in [0.25, 0.3) is 0 Å². The van der Waals surface area contributed by atoms with Crippen LogP contribution < -0.4 is 0 Å². The molecule has 2 rings (SSSR count). The molecule has 0 bridgehead atoms. The zero-order chi connectivity index (χ0) is 7.68. The van der Waals surface area contributed by atoms with Crippen molar-refractivity contribution in [2.75, 3.05) is 6.61 Å². The molecule has 0 amide bonds. The Balaban J connectivity index is 2.08. The maximum absolute atomic E-state index is 5.54. The highest BCUT2D eigenvalue weighted by Crippen LogP contribution is 2.25. The summed E-state index contributed by atoms with van der Waals surface area (Å²) in [6, 6.07) is 1.17. The zero-order valence-electron chi connectivity index (χ0n) is 6.99. The van der Waals surface area contributed by atoms with Gasteiger partial charge >= 0.3 is 0 Å². The topological polar surface area (TPSA) is 12.5 Å². The van der Waals surface area contributed by atoms with E-state index in [9.17, 15) is 0 Å². The first-order valence-corrected chi connectivity index (χ1v) is 4.46. The lowest BCUT2D eigenvalue weighted by Gasteiger charge is -2.39. The summed E-state index contributed by atoms with van der Waals surface area (Å²) in [5, 5.41) is 2.16. The molecule has 1 saturated heterocycles. The number of fused-ring (bicyclic) bond motifs is 1. The molecule has 2 heteroatoms. The van der Waals surface area contributed by atoms with E-state index in [1.165, 1.54) is 19.3 Å². The van der Waals surface area contributed by atoms with E-state index in [4.69, 9.17) is 4.84 Å². The maximum Gasteiger partial charge on any atom is 0.0867 e. The summed E-state index contributed by atoms with van der Waals surface area (Å²) in [5.74, 6) is 0. The molecule has 2 nitrogen and oxygen atoms in total. The third-order valence-electron chi connectivity index (χ3n) is 2.56. The molecule has 2 atom stereocenters. The van der Waals surface area contributed by atoms with Gasteiger partial charge in [-0.15, -0.1) is 0 Å². The van der Waals surface area contributed by atoms with E-state index in [1.54, 1.807) is 0 Å². The monoisotopic (exact) mass is 153 g/mol. The summed E-state index contributed by atoms with van der Waals surface area (Å²) >= 11 is 0. The SMILES string of the molecule is C[C@@H]1CCC[C@@H]2C=CCON12. The lowest BCUT2D eigenvalue weighted by atomic mass is 9.98. The van der Waals surface area contributed by atoms with Gasteiger partial charge in [-0.25, -0.2) is 0 Å². The fourth-order valence-electron chi connectivity index (χ4n) is 1.95. The quantitative estimate of drug-likeness (QED) is 0.491. The zero-order valence-corrected chi connectivity index (χ0v) is 6.99. The minimum Gasteiger partial charge on any atom is -0.294 e. The van der Waals surface area contributed by atoms with Gasteiger partial charge in [0, 0.05) is 6.04 Å². The Hall–Kier alpha value is -0.340. The second-order valence-corrected chi connectivity index (χ2v) is 3.43. The fourth-order valence-corrected chi connectivity index (χ4v) is 1.95. The first-order valence-electron chi connectivity index (χ1n) is 4.46. The van der Waals surface area contributed by atoms with Crippen LogP contribution in [0.15, 0.2) is 12.2 Å². The molecule has 0 aromatic rings. The van der Waals surface area contributed by atoms with Crippen molar-refractivity contribution in [2.24, 2.45) is 0 Å². The van der Waals surface area contributed by atoms with Gasteiger partial charge in [0.25, 0.3) is 0 Å². The van der Waals surface area contributed by atoms with Crippen LogP contribution in [0.1, 0.15) is 26.2 Å². The molecule has 2 aliphatic rings. The molecule has 62 valence electrons. The van der Waals surface area contributed by atoms with Gasteiger partial charge in [-0.05, 0) is 26.2 Å². The Morgan fingerprint density at radius 2 is 2.36 bits per heavy atom. The minimum atomic E-state index is 0.562. The van der Waals surface area contributed by atoms with E-state index in [-0.39, 0.29) is 0 Å². The van der Waals surface area contributed by atoms with Crippen LogP contribution in [0.4, 0.5) is 0 Å². The van der Waals surface area contributed by atoms with E-state index < -0.39 is 0 Å². The third kappa shape index (κ3) is 1.33. The largest absolute Gasteiger partial charge is 0.294 e. The van der Waals surface area contributed by atoms with E-state index in [1.807, 2.05) is 0 Å². The number of hydrogen-bond acceptors (Lipinski definition) is 2.